The SMILES string of the molecule is C=C(C)CCCC(C)CC(CC[C@H]1CCC(=O)[C@@H]1CCCCC=CC(=O)OCC)OC(c1ccccc1)(c1ccccc1)c1ccccc1. The molecule has 49 heavy (non-hydrogen) atoms. The van der Waals surface area contributed by atoms with E-state index in [-0.39, 0.29) is 18.0 Å². The van der Waals surface area contributed by atoms with Crippen LogP contribution in [0.2, 0.25) is 0 Å². The number of Topliss-reactive ketones (excluding diaryl/α,β-unsaturated/α-hetero) is 1. The molecule has 3 aromatic carbocycles. The summed E-state index contributed by atoms with van der Waals surface area (Å²) in [6.07, 6.45) is 14.9. The van der Waals surface area contributed by atoms with E-state index in [0.717, 1.165) is 87.3 Å². The summed E-state index contributed by atoms with van der Waals surface area (Å²) in [5, 5.41) is 0. The number of benzene rings is 3. The molecule has 1 fully saturated rings. The van der Waals surface area contributed by atoms with E-state index in [1.165, 1.54) is 11.6 Å². The summed E-state index contributed by atoms with van der Waals surface area (Å²) in [5.74, 6) is 1.13. The van der Waals surface area contributed by atoms with Crippen LogP contribution in [0.4, 0.5) is 0 Å². The normalized spacial score (nSPS) is 17.7. The molecule has 0 saturated heterocycles. The van der Waals surface area contributed by atoms with Gasteiger partial charge >= 0.3 is 5.97 Å². The Morgan fingerprint density at radius 2 is 1.47 bits per heavy atom. The molecule has 0 aromatic heterocycles. The summed E-state index contributed by atoms with van der Waals surface area (Å²) in [7, 11) is 0. The van der Waals surface area contributed by atoms with Crippen LogP contribution in [0.1, 0.15) is 115 Å². The summed E-state index contributed by atoms with van der Waals surface area (Å²) in [5.41, 5.74) is 3.84. The fourth-order valence-corrected chi connectivity index (χ4v) is 7.63. The van der Waals surface area contributed by atoms with E-state index < -0.39 is 5.60 Å². The van der Waals surface area contributed by atoms with E-state index in [2.05, 4.69) is 111 Å². The summed E-state index contributed by atoms with van der Waals surface area (Å²) in [6, 6.07) is 32.0. The number of allylic oxidation sites excluding steroid dienone is 2. The summed E-state index contributed by atoms with van der Waals surface area (Å²) < 4.78 is 12.6. The first kappa shape index (κ1) is 38.0. The molecule has 2 unspecified atom stereocenters. The fourth-order valence-electron chi connectivity index (χ4n) is 7.63. The molecular weight excluding hydrogens is 604 g/mol. The van der Waals surface area contributed by atoms with Gasteiger partial charge < -0.3 is 9.47 Å². The zero-order valence-electron chi connectivity index (χ0n) is 30.2. The van der Waals surface area contributed by atoms with Gasteiger partial charge in [0.2, 0.25) is 0 Å². The number of carbonyl (C=O) groups is 2. The molecule has 262 valence electrons. The molecule has 0 radical (unpaired) electrons. The Balaban J connectivity index is 1.56. The third-order valence-corrected chi connectivity index (χ3v) is 10.1. The van der Waals surface area contributed by atoms with Crippen LogP contribution >= 0.6 is 0 Å². The van der Waals surface area contributed by atoms with Crippen molar-refractivity contribution in [2.24, 2.45) is 17.8 Å². The second-order valence-electron chi connectivity index (χ2n) is 14.1. The van der Waals surface area contributed by atoms with Crippen LogP contribution in [0.25, 0.3) is 0 Å². The van der Waals surface area contributed by atoms with Gasteiger partial charge in [-0.3, -0.25) is 4.79 Å². The third-order valence-electron chi connectivity index (χ3n) is 10.1. The second kappa shape index (κ2) is 20.0. The third kappa shape index (κ3) is 11.4. The number of ether oxygens (including phenoxy) is 2. The summed E-state index contributed by atoms with van der Waals surface area (Å²) in [6.45, 7) is 10.8. The van der Waals surface area contributed by atoms with Crippen LogP contribution in [0, 0.1) is 17.8 Å². The molecule has 1 aliphatic rings. The van der Waals surface area contributed by atoms with Gasteiger partial charge in [0.1, 0.15) is 11.4 Å². The van der Waals surface area contributed by atoms with Crippen LogP contribution in [0.3, 0.4) is 0 Å². The topological polar surface area (TPSA) is 52.6 Å². The van der Waals surface area contributed by atoms with Crippen molar-refractivity contribution in [1.29, 1.82) is 0 Å². The molecule has 0 aliphatic heterocycles. The van der Waals surface area contributed by atoms with Gasteiger partial charge in [0, 0.05) is 18.4 Å². The van der Waals surface area contributed by atoms with Crippen molar-refractivity contribution in [1.82, 2.24) is 0 Å². The van der Waals surface area contributed by atoms with Crippen molar-refractivity contribution in [2.75, 3.05) is 6.61 Å². The largest absolute Gasteiger partial charge is 0.463 e. The first-order chi connectivity index (χ1) is 23.8. The first-order valence-corrected chi connectivity index (χ1v) is 18.7. The van der Waals surface area contributed by atoms with E-state index >= 15 is 0 Å². The first-order valence-electron chi connectivity index (χ1n) is 18.7. The fraction of sp³-hybridized carbons (Fsp3) is 0.467. The van der Waals surface area contributed by atoms with Gasteiger partial charge in [0.25, 0.3) is 0 Å². The van der Waals surface area contributed by atoms with Crippen molar-refractivity contribution >= 4 is 11.8 Å². The molecule has 1 saturated carbocycles. The molecule has 0 amide bonds. The van der Waals surface area contributed by atoms with E-state index in [4.69, 9.17) is 9.47 Å². The molecule has 0 spiro atoms. The van der Waals surface area contributed by atoms with Gasteiger partial charge in [-0.1, -0.05) is 122 Å². The molecular formula is C45H58O4. The Labute approximate surface area is 296 Å². The minimum Gasteiger partial charge on any atom is -0.463 e. The molecule has 4 atom stereocenters. The van der Waals surface area contributed by atoms with E-state index in [9.17, 15) is 9.59 Å². The lowest BCUT2D eigenvalue weighted by Gasteiger charge is -2.40. The molecule has 4 rings (SSSR count). The lowest BCUT2D eigenvalue weighted by Crippen LogP contribution is -2.38. The van der Waals surface area contributed by atoms with Crippen LogP contribution in [-0.4, -0.2) is 24.5 Å². The molecule has 1 aliphatic carbocycles. The summed E-state index contributed by atoms with van der Waals surface area (Å²) in [4.78, 5) is 24.7. The highest BCUT2D eigenvalue weighted by Gasteiger charge is 2.41. The lowest BCUT2D eigenvalue weighted by atomic mass is 9.79. The molecule has 0 heterocycles. The lowest BCUT2D eigenvalue weighted by molar-refractivity contribution is -0.137. The van der Waals surface area contributed by atoms with Crippen LogP contribution in [0.15, 0.2) is 115 Å². The minimum absolute atomic E-state index is 0.00446. The number of hydrogen-bond donors (Lipinski definition) is 0. The monoisotopic (exact) mass is 662 g/mol. The van der Waals surface area contributed by atoms with Crippen molar-refractivity contribution in [3.8, 4) is 0 Å². The predicted octanol–water partition coefficient (Wildman–Crippen LogP) is 11.2. The smallest absolute Gasteiger partial charge is 0.330 e. The zero-order valence-corrected chi connectivity index (χ0v) is 30.2. The Morgan fingerprint density at radius 3 is 2.02 bits per heavy atom. The zero-order chi connectivity index (χ0) is 34.9. The average molecular weight is 663 g/mol. The van der Waals surface area contributed by atoms with Gasteiger partial charge in [-0.15, -0.1) is 6.58 Å². The molecule has 0 N–H and O–H groups in total. The van der Waals surface area contributed by atoms with E-state index in [1.54, 1.807) is 0 Å². The molecule has 4 heteroatoms. The Bertz CT molecular complexity index is 1350. The maximum atomic E-state index is 13.1. The van der Waals surface area contributed by atoms with Crippen molar-refractivity contribution in [3.63, 3.8) is 0 Å². The number of esters is 1. The van der Waals surface area contributed by atoms with E-state index in [1.807, 2.05) is 13.0 Å². The van der Waals surface area contributed by atoms with Gasteiger partial charge in [-0.25, -0.2) is 4.79 Å². The van der Waals surface area contributed by atoms with Gasteiger partial charge in [0.05, 0.1) is 12.7 Å². The number of ketones is 1. The predicted molar refractivity (Wildman–Crippen MR) is 201 cm³/mol. The number of unbranched alkanes of at least 4 members (excludes halogenated alkanes) is 2. The Morgan fingerprint density at radius 1 is 0.878 bits per heavy atom. The highest BCUT2D eigenvalue weighted by Crippen LogP contribution is 2.44. The van der Waals surface area contributed by atoms with Gasteiger partial charge in [-0.2, -0.15) is 0 Å². The maximum Gasteiger partial charge on any atom is 0.330 e. The highest BCUT2D eigenvalue weighted by molar-refractivity contribution is 5.83. The Kier molecular flexibility index (Phi) is 15.6. The van der Waals surface area contributed by atoms with Crippen molar-refractivity contribution in [2.45, 2.75) is 110 Å². The maximum absolute atomic E-state index is 13.1. The number of carbonyl (C=O) groups excluding carboxylic acids is 2. The molecule has 0 bridgehead atoms. The molecule has 3 aromatic rings. The van der Waals surface area contributed by atoms with Gasteiger partial charge in [0.15, 0.2) is 0 Å². The van der Waals surface area contributed by atoms with Crippen LogP contribution in [-0.2, 0) is 24.7 Å². The van der Waals surface area contributed by atoms with E-state index in [0.29, 0.717) is 30.6 Å². The highest BCUT2D eigenvalue weighted by atomic mass is 16.5. The van der Waals surface area contributed by atoms with Crippen molar-refractivity contribution in [3.05, 3.63) is 132 Å². The quantitative estimate of drug-likeness (QED) is 0.0374. The van der Waals surface area contributed by atoms with Crippen LogP contribution in [0.5, 0.6) is 0 Å². The number of rotatable bonds is 21. The second-order valence-corrected chi connectivity index (χ2v) is 14.1. The average Bonchev–Trinajstić information content (AvgIpc) is 3.47. The van der Waals surface area contributed by atoms with Crippen molar-refractivity contribution < 1.29 is 19.1 Å². The Hall–Kier alpha value is -3.76. The minimum atomic E-state index is -0.770. The van der Waals surface area contributed by atoms with Crippen LogP contribution < -0.4 is 0 Å². The molecule has 4 nitrogen and oxygen atoms in total. The number of hydrogen-bond acceptors (Lipinski definition) is 4. The van der Waals surface area contributed by atoms with Gasteiger partial charge in [-0.05, 0) is 100 Å². The summed E-state index contributed by atoms with van der Waals surface area (Å²) >= 11 is 0. The standard InChI is InChI=1S/C45H58O4/c1-5-48-44(47)29-18-7-6-17-28-42-37(31-33-43(42)46)30-32-41(34-36(4)21-19-20-35(2)3)49-45(38-22-11-8-12-23-38,39-24-13-9-14-25-39)40-26-15-10-16-27-40/h8-16,18,22-27,29,36-37,41-42H,2,5-7,17,19-21,28,30-34H2,1,3-4H3/t36?,37-,41?,42+/m0/s1.